The maximum absolute atomic E-state index is 10.6. The number of carboxylic acid groups (broad SMARTS) is 1. The average molecular weight is 230 g/mol. The molecule has 82 valence electrons. The Morgan fingerprint density at radius 3 is 3.07 bits per heavy atom. The number of hydrogen-bond acceptors (Lipinski definition) is 6. The summed E-state index contributed by atoms with van der Waals surface area (Å²) in [6.07, 6.45) is -0.643. The van der Waals surface area contributed by atoms with Crippen LogP contribution in [-0.4, -0.2) is 39.2 Å². The van der Waals surface area contributed by atoms with E-state index in [2.05, 4.69) is 9.36 Å². The summed E-state index contributed by atoms with van der Waals surface area (Å²) in [5.74, 6) is -0.293. The van der Waals surface area contributed by atoms with Crippen molar-refractivity contribution in [1.29, 1.82) is 0 Å². The van der Waals surface area contributed by atoms with Crippen molar-refractivity contribution in [2.75, 3.05) is 6.61 Å². The van der Waals surface area contributed by atoms with E-state index in [9.17, 15) is 4.79 Å². The lowest BCUT2D eigenvalue weighted by molar-refractivity contribution is -0.147. The van der Waals surface area contributed by atoms with Gasteiger partial charge in [0.05, 0.1) is 6.61 Å². The van der Waals surface area contributed by atoms with Gasteiger partial charge in [-0.1, -0.05) is 0 Å². The first-order valence-electron chi connectivity index (χ1n) is 4.46. The lowest BCUT2D eigenvalue weighted by atomic mass is 10.2. The third-order valence-corrected chi connectivity index (χ3v) is 2.71. The SMILES string of the molecule is Cc1nsc(O[C@@H]2CO[C@@H](C(=O)O)C2)n1. The zero-order chi connectivity index (χ0) is 10.8. The van der Waals surface area contributed by atoms with E-state index in [4.69, 9.17) is 14.6 Å². The molecule has 0 radical (unpaired) electrons. The molecule has 2 rings (SSSR count). The smallest absolute Gasteiger partial charge is 0.332 e. The first-order chi connectivity index (χ1) is 7.15. The second-order valence-electron chi connectivity index (χ2n) is 3.24. The van der Waals surface area contributed by atoms with Crippen LogP contribution >= 0.6 is 11.5 Å². The number of rotatable bonds is 3. The first-order valence-corrected chi connectivity index (χ1v) is 5.24. The van der Waals surface area contributed by atoms with Gasteiger partial charge in [0.1, 0.15) is 11.9 Å². The van der Waals surface area contributed by atoms with Gasteiger partial charge in [-0.25, -0.2) is 4.79 Å². The molecule has 1 N–H and O–H groups in total. The van der Waals surface area contributed by atoms with Gasteiger partial charge in [0.15, 0.2) is 6.10 Å². The number of aromatic nitrogens is 2. The van der Waals surface area contributed by atoms with Gasteiger partial charge in [-0.3, -0.25) is 0 Å². The third kappa shape index (κ3) is 2.42. The van der Waals surface area contributed by atoms with Crippen LogP contribution in [0.4, 0.5) is 0 Å². The maximum Gasteiger partial charge on any atom is 0.332 e. The summed E-state index contributed by atoms with van der Waals surface area (Å²) >= 11 is 1.16. The molecule has 1 aromatic rings. The van der Waals surface area contributed by atoms with Crippen molar-refractivity contribution >= 4 is 17.5 Å². The molecule has 7 heteroatoms. The highest BCUT2D eigenvalue weighted by Gasteiger charge is 2.32. The summed E-state index contributed by atoms with van der Waals surface area (Å²) in [4.78, 5) is 14.6. The highest BCUT2D eigenvalue weighted by molar-refractivity contribution is 7.07. The third-order valence-electron chi connectivity index (χ3n) is 2.01. The second-order valence-corrected chi connectivity index (χ2v) is 3.96. The number of ether oxygens (including phenoxy) is 2. The van der Waals surface area contributed by atoms with Gasteiger partial charge < -0.3 is 14.6 Å². The van der Waals surface area contributed by atoms with Gasteiger partial charge >= 0.3 is 5.97 Å². The minimum Gasteiger partial charge on any atom is -0.479 e. The van der Waals surface area contributed by atoms with Crippen molar-refractivity contribution in [3.8, 4) is 5.19 Å². The van der Waals surface area contributed by atoms with Crippen LogP contribution < -0.4 is 4.74 Å². The summed E-state index contributed by atoms with van der Waals surface area (Å²) in [5, 5.41) is 9.16. The normalized spacial score (nSPS) is 25.4. The number of aliphatic carboxylic acids is 1. The van der Waals surface area contributed by atoms with E-state index in [1.807, 2.05) is 0 Å². The Morgan fingerprint density at radius 1 is 1.73 bits per heavy atom. The lowest BCUT2D eigenvalue weighted by Crippen LogP contribution is -2.20. The van der Waals surface area contributed by atoms with Crippen LogP contribution in [-0.2, 0) is 9.53 Å². The molecule has 1 aliphatic rings. The largest absolute Gasteiger partial charge is 0.479 e. The molecule has 2 atom stereocenters. The topological polar surface area (TPSA) is 81.5 Å². The summed E-state index contributed by atoms with van der Waals surface area (Å²) in [5.41, 5.74) is 0. The first kappa shape index (κ1) is 10.3. The molecule has 0 bridgehead atoms. The van der Waals surface area contributed by atoms with Crippen LogP contribution in [0.5, 0.6) is 5.19 Å². The molecule has 6 nitrogen and oxygen atoms in total. The molecule has 0 unspecified atom stereocenters. The molecule has 2 heterocycles. The molecule has 0 amide bonds. The van der Waals surface area contributed by atoms with Crippen LogP contribution in [0.15, 0.2) is 0 Å². The van der Waals surface area contributed by atoms with Crippen molar-refractivity contribution in [2.45, 2.75) is 25.6 Å². The Bertz CT molecular complexity index is 367. The minimum absolute atomic E-state index is 0.238. The minimum atomic E-state index is -0.949. The fourth-order valence-corrected chi connectivity index (χ4v) is 1.92. The van der Waals surface area contributed by atoms with Gasteiger partial charge in [0.2, 0.25) is 0 Å². The molecule has 1 saturated heterocycles. The predicted octanol–water partition coefficient (Wildman–Crippen LogP) is 0.467. The Kier molecular flexibility index (Phi) is 2.83. The monoisotopic (exact) mass is 230 g/mol. The summed E-state index contributed by atoms with van der Waals surface area (Å²) < 4.78 is 14.4. The Morgan fingerprint density at radius 2 is 2.53 bits per heavy atom. The van der Waals surface area contributed by atoms with Gasteiger partial charge in [-0.15, -0.1) is 0 Å². The molecule has 1 aromatic heterocycles. The zero-order valence-corrected chi connectivity index (χ0v) is 8.86. The van der Waals surface area contributed by atoms with Crippen molar-refractivity contribution in [3.63, 3.8) is 0 Å². The summed E-state index contributed by atoms with van der Waals surface area (Å²) in [7, 11) is 0. The molecule has 1 fully saturated rings. The lowest BCUT2D eigenvalue weighted by Gasteiger charge is -2.06. The highest BCUT2D eigenvalue weighted by Crippen LogP contribution is 2.21. The molecule has 0 saturated carbocycles. The van der Waals surface area contributed by atoms with Gasteiger partial charge in [0.25, 0.3) is 5.19 Å². The second kappa shape index (κ2) is 4.11. The Hall–Kier alpha value is -1.21. The number of nitrogens with zero attached hydrogens (tertiary/aromatic N) is 2. The molecule has 0 aromatic carbocycles. The molecular weight excluding hydrogens is 220 g/mol. The molecule has 15 heavy (non-hydrogen) atoms. The zero-order valence-electron chi connectivity index (χ0n) is 8.04. The maximum atomic E-state index is 10.6. The number of aryl methyl sites for hydroxylation is 1. The van der Waals surface area contributed by atoms with Gasteiger partial charge in [-0.2, -0.15) is 9.36 Å². The highest BCUT2D eigenvalue weighted by atomic mass is 32.1. The van der Waals surface area contributed by atoms with Crippen molar-refractivity contribution in [1.82, 2.24) is 9.36 Å². The van der Waals surface area contributed by atoms with Crippen molar-refractivity contribution in [2.24, 2.45) is 0 Å². The molecular formula is C8H10N2O4S. The van der Waals surface area contributed by atoms with E-state index in [0.29, 0.717) is 17.4 Å². The van der Waals surface area contributed by atoms with E-state index in [0.717, 1.165) is 11.5 Å². The fourth-order valence-electron chi connectivity index (χ4n) is 1.32. The van der Waals surface area contributed by atoms with Crippen LogP contribution in [0.25, 0.3) is 0 Å². The van der Waals surface area contributed by atoms with Crippen LogP contribution in [0.1, 0.15) is 12.2 Å². The number of carbonyl (C=O) groups is 1. The quantitative estimate of drug-likeness (QED) is 0.812. The number of hydrogen-bond donors (Lipinski definition) is 1. The van der Waals surface area contributed by atoms with E-state index in [1.54, 1.807) is 6.92 Å². The van der Waals surface area contributed by atoms with E-state index in [1.165, 1.54) is 0 Å². The molecule has 1 aliphatic heterocycles. The number of carboxylic acids is 1. The van der Waals surface area contributed by atoms with Crippen molar-refractivity contribution < 1.29 is 19.4 Å². The van der Waals surface area contributed by atoms with Crippen LogP contribution in [0.3, 0.4) is 0 Å². The van der Waals surface area contributed by atoms with E-state index < -0.39 is 12.1 Å². The molecule has 0 spiro atoms. The summed E-state index contributed by atoms with van der Waals surface area (Å²) in [6.45, 7) is 2.06. The predicted molar refractivity (Wildman–Crippen MR) is 51.1 cm³/mol. The van der Waals surface area contributed by atoms with Crippen molar-refractivity contribution in [3.05, 3.63) is 5.82 Å². The molecule has 0 aliphatic carbocycles. The van der Waals surface area contributed by atoms with Crippen LogP contribution in [0.2, 0.25) is 0 Å². The van der Waals surface area contributed by atoms with E-state index >= 15 is 0 Å². The Labute approximate surface area is 90.0 Å². The van der Waals surface area contributed by atoms with Crippen LogP contribution in [0, 0.1) is 6.92 Å². The summed E-state index contributed by atoms with van der Waals surface area (Å²) in [6, 6.07) is 0. The van der Waals surface area contributed by atoms with Gasteiger partial charge in [0, 0.05) is 18.0 Å². The Balaban J connectivity index is 1.90. The standard InChI is InChI=1S/C8H10N2O4S/c1-4-9-8(15-10-4)14-5-2-6(7(11)12)13-3-5/h5-6H,2-3H2,1H3,(H,11,12)/t5-,6+/m0/s1. The van der Waals surface area contributed by atoms with E-state index in [-0.39, 0.29) is 12.7 Å². The fraction of sp³-hybridized carbons (Fsp3) is 0.625. The average Bonchev–Trinajstić information content (AvgIpc) is 2.76. The van der Waals surface area contributed by atoms with Gasteiger partial charge in [-0.05, 0) is 6.92 Å².